The van der Waals surface area contributed by atoms with Gasteiger partial charge < -0.3 is 20.5 Å². The maximum atomic E-state index is 10.1. The van der Waals surface area contributed by atoms with Crippen LogP contribution < -0.4 is 15.4 Å². The van der Waals surface area contributed by atoms with Gasteiger partial charge in [0.1, 0.15) is 0 Å². The Morgan fingerprint density at radius 3 is 2.96 bits per heavy atom. The summed E-state index contributed by atoms with van der Waals surface area (Å²) in [6, 6.07) is 3.81. The number of rotatable bonds is 3. The average Bonchev–Trinajstić information content (AvgIpc) is 3.38. The highest BCUT2D eigenvalue weighted by atomic mass is 32.1. The van der Waals surface area contributed by atoms with Gasteiger partial charge in [0.05, 0.1) is 30.7 Å². The number of aromatic nitrogens is 4. The number of anilines is 1. The smallest absolute Gasteiger partial charge is 0.222 e. The molecule has 5 rings (SSSR count). The maximum Gasteiger partial charge on any atom is 0.222 e. The molecule has 9 heteroatoms. The number of fused-ring (bicyclic) bond motifs is 2. The molecule has 1 saturated carbocycles. The van der Waals surface area contributed by atoms with Crippen LogP contribution in [0.25, 0.3) is 16.2 Å². The number of aliphatic hydroxyl groups is 1. The first-order valence-corrected chi connectivity index (χ1v) is 10.4. The molecule has 148 valence electrons. The molecular weight excluding hydrogens is 376 g/mol. The van der Waals surface area contributed by atoms with E-state index in [9.17, 15) is 5.11 Å². The first-order valence-electron chi connectivity index (χ1n) is 9.60. The lowest BCUT2D eigenvalue weighted by Crippen LogP contribution is -2.48. The number of hydrogen-bond donors (Lipinski definition) is 2. The van der Waals surface area contributed by atoms with Crippen molar-refractivity contribution < 1.29 is 9.84 Å². The minimum Gasteiger partial charge on any atom is -0.480 e. The van der Waals surface area contributed by atoms with E-state index < -0.39 is 0 Å². The Balaban J connectivity index is 1.48. The van der Waals surface area contributed by atoms with Gasteiger partial charge in [0.2, 0.25) is 16.0 Å². The average molecular weight is 401 g/mol. The number of nitrogens with two attached hydrogens (primary N) is 1. The van der Waals surface area contributed by atoms with Crippen molar-refractivity contribution in [2.24, 2.45) is 17.6 Å². The summed E-state index contributed by atoms with van der Waals surface area (Å²) >= 11 is 1.58. The Bertz CT molecular complexity index is 1020. The second kappa shape index (κ2) is 6.68. The molecule has 28 heavy (non-hydrogen) atoms. The van der Waals surface area contributed by atoms with Crippen LogP contribution in [0.3, 0.4) is 0 Å². The zero-order valence-electron chi connectivity index (χ0n) is 15.9. The lowest BCUT2D eigenvalue weighted by molar-refractivity contribution is 0.0625. The second-order valence-corrected chi connectivity index (χ2v) is 8.72. The molecule has 0 aromatic carbocycles. The number of methoxy groups -OCH3 is 1. The van der Waals surface area contributed by atoms with Gasteiger partial charge >= 0.3 is 0 Å². The molecule has 1 aliphatic heterocycles. The van der Waals surface area contributed by atoms with Gasteiger partial charge in [-0.1, -0.05) is 11.3 Å². The molecule has 2 fully saturated rings. The van der Waals surface area contributed by atoms with Crippen LogP contribution in [0.15, 0.2) is 18.3 Å². The van der Waals surface area contributed by atoms with Crippen molar-refractivity contribution in [3.8, 4) is 17.1 Å². The van der Waals surface area contributed by atoms with E-state index in [0.29, 0.717) is 17.7 Å². The summed E-state index contributed by atoms with van der Waals surface area (Å²) in [6.07, 6.45) is 3.24. The topological polar surface area (TPSA) is 102 Å². The highest BCUT2D eigenvalue weighted by molar-refractivity contribution is 7.20. The molecule has 0 amide bonds. The van der Waals surface area contributed by atoms with E-state index >= 15 is 0 Å². The number of nitrogens with zero attached hydrogens (tertiary/aromatic N) is 5. The molecular formula is C19H24N6O2S. The summed E-state index contributed by atoms with van der Waals surface area (Å²) in [4.78, 5) is 12.1. The van der Waals surface area contributed by atoms with Gasteiger partial charge in [0.15, 0.2) is 0 Å². The SMILES string of the molecule is COc1nc(C)ccc1-c1cnc2sc(N3C[C@H]4CC[C@@H](O)[C@@H](N)[C@H]4C3)nn12. The van der Waals surface area contributed by atoms with Crippen molar-refractivity contribution in [2.45, 2.75) is 31.9 Å². The molecule has 8 nitrogen and oxygen atoms in total. The molecule has 4 atom stereocenters. The van der Waals surface area contributed by atoms with Crippen LogP contribution in [0.2, 0.25) is 0 Å². The third-order valence-corrected chi connectivity index (χ3v) is 7.06. The van der Waals surface area contributed by atoms with Gasteiger partial charge in [-0.25, -0.2) is 14.5 Å². The minimum absolute atomic E-state index is 0.147. The van der Waals surface area contributed by atoms with E-state index in [-0.39, 0.29) is 12.1 Å². The van der Waals surface area contributed by atoms with E-state index in [1.54, 1.807) is 18.4 Å². The number of aryl methyl sites for hydroxylation is 1. The van der Waals surface area contributed by atoms with Crippen LogP contribution in [0.5, 0.6) is 5.88 Å². The van der Waals surface area contributed by atoms with Crippen LogP contribution in [0.4, 0.5) is 5.13 Å². The highest BCUT2D eigenvalue weighted by Gasteiger charge is 2.43. The Kier molecular flexibility index (Phi) is 4.26. The number of pyridine rings is 1. The normalized spacial score (nSPS) is 27.4. The molecule has 0 bridgehead atoms. The fourth-order valence-electron chi connectivity index (χ4n) is 4.53. The van der Waals surface area contributed by atoms with Gasteiger partial charge in [-0.3, -0.25) is 0 Å². The first kappa shape index (κ1) is 17.8. The molecule has 0 spiro atoms. The van der Waals surface area contributed by atoms with Gasteiger partial charge in [-0.2, -0.15) is 0 Å². The lowest BCUT2D eigenvalue weighted by Gasteiger charge is -2.33. The third kappa shape index (κ3) is 2.76. The zero-order chi connectivity index (χ0) is 19.4. The van der Waals surface area contributed by atoms with Crippen LogP contribution in [-0.4, -0.2) is 57.0 Å². The minimum atomic E-state index is -0.386. The van der Waals surface area contributed by atoms with E-state index in [4.69, 9.17) is 15.6 Å². The highest BCUT2D eigenvalue weighted by Crippen LogP contribution is 2.39. The van der Waals surface area contributed by atoms with Crippen LogP contribution >= 0.6 is 11.3 Å². The fourth-order valence-corrected chi connectivity index (χ4v) is 5.43. The number of ether oxygens (including phenoxy) is 1. The number of aliphatic hydroxyl groups excluding tert-OH is 1. The van der Waals surface area contributed by atoms with Gasteiger partial charge in [0.25, 0.3) is 0 Å². The predicted molar refractivity (Wildman–Crippen MR) is 108 cm³/mol. The number of imidazole rings is 1. The van der Waals surface area contributed by atoms with Gasteiger partial charge in [-0.05, 0) is 43.7 Å². The van der Waals surface area contributed by atoms with E-state index in [1.807, 2.05) is 29.8 Å². The molecule has 2 aliphatic rings. The van der Waals surface area contributed by atoms with E-state index in [0.717, 1.165) is 53.0 Å². The summed E-state index contributed by atoms with van der Waals surface area (Å²) in [5.41, 5.74) is 8.91. The van der Waals surface area contributed by atoms with Crippen LogP contribution in [-0.2, 0) is 0 Å². The van der Waals surface area contributed by atoms with Crippen molar-refractivity contribution in [3.63, 3.8) is 0 Å². The molecule has 3 aromatic heterocycles. The molecule has 0 radical (unpaired) electrons. The molecule has 1 saturated heterocycles. The standard InChI is InChI=1S/C19H24N6O2S/c1-10-3-5-12(17(22-10)27-2)14-7-21-18-25(14)23-19(28-18)24-8-11-4-6-15(26)16(20)13(11)9-24/h3,5,7,11,13,15-16,26H,4,6,8-9,20H2,1-2H3/t11-,13+,15-,16+/m1/s1. The molecule has 3 aromatic rings. The summed E-state index contributed by atoms with van der Waals surface area (Å²) in [6.45, 7) is 3.71. The van der Waals surface area contributed by atoms with E-state index in [1.165, 1.54) is 0 Å². The van der Waals surface area contributed by atoms with Gasteiger partial charge in [0, 0.05) is 24.8 Å². The summed E-state index contributed by atoms with van der Waals surface area (Å²) < 4.78 is 7.33. The van der Waals surface area contributed by atoms with Crippen molar-refractivity contribution in [3.05, 3.63) is 24.0 Å². The first-order chi connectivity index (χ1) is 13.5. The number of hydrogen-bond acceptors (Lipinski definition) is 8. The van der Waals surface area contributed by atoms with Crippen molar-refractivity contribution >= 4 is 21.4 Å². The lowest BCUT2D eigenvalue weighted by atomic mass is 9.77. The summed E-state index contributed by atoms with van der Waals surface area (Å²) in [5, 5.41) is 15.9. The summed E-state index contributed by atoms with van der Waals surface area (Å²) in [5.74, 6) is 1.42. The zero-order valence-corrected chi connectivity index (χ0v) is 16.8. The molecule has 0 unspecified atom stereocenters. The Morgan fingerprint density at radius 2 is 2.14 bits per heavy atom. The van der Waals surface area contributed by atoms with Crippen molar-refractivity contribution in [1.82, 2.24) is 19.6 Å². The van der Waals surface area contributed by atoms with Crippen LogP contribution in [0, 0.1) is 18.8 Å². The monoisotopic (exact) mass is 400 g/mol. The Morgan fingerprint density at radius 1 is 1.29 bits per heavy atom. The van der Waals surface area contributed by atoms with Crippen molar-refractivity contribution in [1.29, 1.82) is 0 Å². The Labute approximate surface area is 167 Å². The predicted octanol–water partition coefficient (Wildman–Crippen LogP) is 1.70. The summed E-state index contributed by atoms with van der Waals surface area (Å²) in [7, 11) is 1.62. The maximum absolute atomic E-state index is 10.1. The van der Waals surface area contributed by atoms with E-state index in [2.05, 4.69) is 14.9 Å². The Hall–Kier alpha value is -2.23. The molecule has 4 heterocycles. The second-order valence-electron chi connectivity index (χ2n) is 7.78. The van der Waals surface area contributed by atoms with Crippen molar-refractivity contribution in [2.75, 3.05) is 25.1 Å². The largest absolute Gasteiger partial charge is 0.480 e. The third-order valence-electron chi connectivity index (χ3n) is 6.08. The van der Waals surface area contributed by atoms with Gasteiger partial charge in [-0.15, -0.1) is 5.10 Å². The van der Waals surface area contributed by atoms with Crippen LogP contribution in [0.1, 0.15) is 18.5 Å². The quantitative estimate of drug-likeness (QED) is 0.690. The molecule has 1 aliphatic carbocycles. The molecule has 3 N–H and O–H groups in total. The fraction of sp³-hybridized carbons (Fsp3) is 0.526.